The quantitative estimate of drug-likeness (QED) is 0.418. The van der Waals surface area contributed by atoms with Crippen LogP contribution < -0.4 is 16.4 Å². The number of aliphatic hydroxyl groups is 1. The van der Waals surface area contributed by atoms with Crippen molar-refractivity contribution in [2.45, 2.75) is 37.5 Å². The third-order valence-corrected chi connectivity index (χ3v) is 2.94. The zero-order valence-corrected chi connectivity index (χ0v) is 8.82. The van der Waals surface area contributed by atoms with Crippen LogP contribution in [0.5, 0.6) is 0 Å². The second-order valence-electron chi connectivity index (χ2n) is 4.08. The number of hydrogen-bond acceptors (Lipinski definition) is 4. The summed E-state index contributed by atoms with van der Waals surface area (Å²) in [6.45, 7) is 0. The Labute approximate surface area is 88.7 Å². The SMILES string of the molecule is CN=C1NC(N)=NC2(CCC(O)CC2)N1. The topological polar surface area (TPSA) is 95.0 Å². The molecule has 0 aromatic carbocycles. The Kier molecular flexibility index (Phi) is 2.52. The molecule has 6 heteroatoms. The van der Waals surface area contributed by atoms with Gasteiger partial charge in [-0.3, -0.25) is 10.3 Å². The predicted octanol–water partition coefficient (Wildman–Crippen LogP) is -0.889. The first kappa shape index (κ1) is 10.2. The van der Waals surface area contributed by atoms with Crippen LogP contribution in [-0.2, 0) is 0 Å². The van der Waals surface area contributed by atoms with Crippen molar-refractivity contribution in [2.75, 3.05) is 7.05 Å². The summed E-state index contributed by atoms with van der Waals surface area (Å²) in [7, 11) is 1.69. The third kappa shape index (κ3) is 2.04. The third-order valence-electron chi connectivity index (χ3n) is 2.94. The number of aliphatic imine (C=N–C) groups is 2. The Morgan fingerprint density at radius 2 is 2.20 bits per heavy atom. The maximum absolute atomic E-state index is 9.46. The van der Waals surface area contributed by atoms with Gasteiger partial charge >= 0.3 is 0 Å². The van der Waals surface area contributed by atoms with E-state index in [0.717, 1.165) is 25.7 Å². The average molecular weight is 211 g/mol. The van der Waals surface area contributed by atoms with Crippen molar-refractivity contribution in [1.29, 1.82) is 0 Å². The number of nitrogens with one attached hydrogen (secondary N) is 2. The number of rotatable bonds is 0. The van der Waals surface area contributed by atoms with E-state index in [2.05, 4.69) is 20.6 Å². The molecule has 0 radical (unpaired) electrons. The molecule has 0 aromatic rings. The van der Waals surface area contributed by atoms with E-state index in [1.165, 1.54) is 0 Å². The van der Waals surface area contributed by atoms with Crippen LogP contribution in [0, 0.1) is 0 Å². The highest BCUT2D eigenvalue weighted by Crippen LogP contribution is 2.30. The van der Waals surface area contributed by atoms with Crippen LogP contribution in [0.2, 0.25) is 0 Å². The molecular formula is C9H17N5O. The number of guanidine groups is 2. The average Bonchev–Trinajstić information content (AvgIpc) is 2.22. The number of hydrogen-bond donors (Lipinski definition) is 4. The van der Waals surface area contributed by atoms with Crippen molar-refractivity contribution < 1.29 is 5.11 Å². The zero-order valence-electron chi connectivity index (χ0n) is 8.82. The van der Waals surface area contributed by atoms with Gasteiger partial charge in [0.15, 0.2) is 11.9 Å². The second kappa shape index (κ2) is 3.69. The first-order chi connectivity index (χ1) is 7.13. The molecule has 1 spiro atoms. The zero-order chi connectivity index (χ0) is 10.9. The molecule has 2 aliphatic rings. The summed E-state index contributed by atoms with van der Waals surface area (Å²) in [5, 5.41) is 15.5. The minimum atomic E-state index is -0.358. The van der Waals surface area contributed by atoms with Gasteiger partial charge in [0, 0.05) is 7.05 Å². The van der Waals surface area contributed by atoms with Gasteiger partial charge in [0.05, 0.1) is 6.10 Å². The van der Waals surface area contributed by atoms with Crippen molar-refractivity contribution in [3.05, 3.63) is 0 Å². The Hall–Kier alpha value is -1.30. The van der Waals surface area contributed by atoms with Crippen LogP contribution in [0.3, 0.4) is 0 Å². The first-order valence-electron chi connectivity index (χ1n) is 5.19. The van der Waals surface area contributed by atoms with E-state index in [0.29, 0.717) is 11.9 Å². The lowest BCUT2D eigenvalue weighted by molar-refractivity contribution is 0.0922. The van der Waals surface area contributed by atoms with Crippen molar-refractivity contribution >= 4 is 11.9 Å². The highest BCUT2D eigenvalue weighted by atomic mass is 16.3. The van der Waals surface area contributed by atoms with Crippen LogP contribution in [0.1, 0.15) is 25.7 Å². The van der Waals surface area contributed by atoms with Crippen LogP contribution in [-0.4, -0.2) is 35.8 Å². The lowest BCUT2D eigenvalue weighted by Crippen LogP contribution is -2.61. The molecule has 1 fully saturated rings. The second-order valence-corrected chi connectivity index (χ2v) is 4.08. The van der Waals surface area contributed by atoms with Gasteiger partial charge in [-0.1, -0.05) is 0 Å². The van der Waals surface area contributed by atoms with Gasteiger partial charge in [0.25, 0.3) is 0 Å². The van der Waals surface area contributed by atoms with E-state index >= 15 is 0 Å². The van der Waals surface area contributed by atoms with Gasteiger partial charge in [-0.15, -0.1) is 0 Å². The molecule has 84 valence electrons. The lowest BCUT2D eigenvalue weighted by Gasteiger charge is -2.40. The molecular weight excluding hydrogens is 194 g/mol. The standard InChI is InChI=1S/C9H17N5O/c1-11-8-12-7(10)13-9(14-8)4-2-6(15)3-5-9/h6,15H,2-5H2,1H3,(H4,10,11,12,13,14). The van der Waals surface area contributed by atoms with Crippen molar-refractivity contribution in [2.24, 2.45) is 15.7 Å². The monoisotopic (exact) mass is 211 g/mol. The summed E-state index contributed by atoms with van der Waals surface area (Å²) in [5.41, 5.74) is 5.34. The van der Waals surface area contributed by atoms with E-state index in [1.54, 1.807) is 7.05 Å². The van der Waals surface area contributed by atoms with Crippen LogP contribution >= 0.6 is 0 Å². The summed E-state index contributed by atoms with van der Waals surface area (Å²) >= 11 is 0. The smallest absolute Gasteiger partial charge is 0.199 e. The number of nitrogens with zero attached hydrogens (tertiary/aromatic N) is 2. The fourth-order valence-electron chi connectivity index (χ4n) is 2.09. The molecule has 6 nitrogen and oxygen atoms in total. The van der Waals surface area contributed by atoms with Gasteiger partial charge in [-0.25, -0.2) is 4.99 Å². The van der Waals surface area contributed by atoms with E-state index in [9.17, 15) is 5.11 Å². The first-order valence-corrected chi connectivity index (χ1v) is 5.19. The normalized spacial score (nSPS) is 38.4. The number of aliphatic hydroxyl groups excluding tert-OH is 1. The van der Waals surface area contributed by atoms with Crippen LogP contribution in [0.4, 0.5) is 0 Å². The molecule has 2 rings (SSSR count). The minimum Gasteiger partial charge on any atom is -0.393 e. The maximum atomic E-state index is 9.46. The molecule has 1 aliphatic carbocycles. The van der Waals surface area contributed by atoms with Gasteiger partial charge < -0.3 is 16.2 Å². The molecule has 5 N–H and O–H groups in total. The van der Waals surface area contributed by atoms with Gasteiger partial charge in [-0.2, -0.15) is 0 Å². The summed E-state index contributed by atoms with van der Waals surface area (Å²) < 4.78 is 0. The molecule has 0 saturated heterocycles. The fraction of sp³-hybridized carbons (Fsp3) is 0.778. The molecule has 0 amide bonds. The van der Waals surface area contributed by atoms with E-state index < -0.39 is 0 Å². The van der Waals surface area contributed by atoms with Gasteiger partial charge in [0.2, 0.25) is 0 Å². The minimum absolute atomic E-state index is 0.203. The Bertz CT molecular complexity index is 304. The summed E-state index contributed by atoms with van der Waals surface area (Å²) in [6, 6.07) is 0. The molecule has 0 unspecified atom stereocenters. The molecule has 1 aliphatic heterocycles. The largest absolute Gasteiger partial charge is 0.393 e. The molecule has 0 aromatic heterocycles. The molecule has 0 bridgehead atoms. The Balaban J connectivity index is 2.17. The van der Waals surface area contributed by atoms with Crippen molar-refractivity contribution in [3.8, 4) is 0 Å². The van der Waals surface area contributed by atoms with E-state index in [1.807, 2.05) is 0 Å². The maximum Gasteiger partial charge on any atom is 0.199 e. The highest BCUT2D eigenvalue weighted by molar-refractivity contribution is 6.00. The fourth-order valence-corrected chi connectivity index (χ4v) is 2.09. The highest BCUT2D eigenvalue weighted by Gasteiger charge is 2.37. The van der Waals surface area contributed by atoms with Gasteiger partial charge in [0.1, 0.15) is 5.66 Å². The summed E-state index contributed by atoms with van der Waals surface area (Å²) in [4.78, 5) is 8.42. The summed E-state index contributed by atoms with van der Waals surface area (Å²) in [6.07, 6.45) is 2.87. The Morgan fingerprint density at radius 1 is 1.53 bits per heavy atom. The number of nitrogens with two attached hydrogens (primary N) is 1. The van der Waals surface area contributed by atoms with Crippen molar-refractivity contribution in [3.63, 3.8) is 0 Å². The molecule has 0 atom stereocenters. The van der Waals surface area contributed by atoms with Crippen LogP contribution in [0.15, 0.2) is 9.98 Å². The molecule has 1 heterocycles. The lowest BCUT2D eigenvalue weighted by atomic mass is 9.87. The van der Waals surface area contributed by atoms with Gasteiger partial charge in [-0.05, 0) is 25.7 Å². The van der Waals surface area contributed by atoms with E-state index in [-0.39, 0.29) is 11.8 Å². The molecule has 15 heavy (non-hydrogen) atoms. The molecule has 1 saturated carbocycles. The Morgan fingerprint density at radius 3 is 2.80 bits per heavy atom. The van der Waals surface area contributed by atoms with Crippen LogP contribution in [0.25, 0.3) is 0 Å². The predicted molar refractivity (Wildman–Crippen MR) is 58.5 cm³/mol. The van der Waals surface area contributed by atoms with E-state index in [4.69, 9.17) is 5.73 Å². The summed E-state index contributed by atoms with van der Waals surface area (Å²) in [5.74, 6) is 1.05. The van der Waals surface area contributed by atoms with Crippen molar-refractivity contribution in [1.82, 2.24) is 10.6 Å².